The Morgan fingerprint density at radius 2 is 2.06 bits per heavy atom. The highest BCUT2D eigenvalue weighted by Crippen LogP contribution is 2.12. The molecule has 0 aromatic heterocycles. The highest BCUT2D eigenvalue weighted by atomic mass is 16.6. The van der Waals surface area contributed by atoms with Crippen LogP contribution in [0.25, 0.3) is 0 Å². The number of rotatable bonds is 5. The number of nitro groups is 1. The molecular formula is C11H14N2O4. The summed E-state index contributed by atoms with van der Waals surface area (Å²) < 4.78 is 0. The summed E-state index contributed by atoms with van der Waals surface area (Å²) in [6.07, 6.45) is 0.141. The van der Waals surface area contributed by atoms with Crippen molar-refractivity contribution in [1.29, 1.82) is 0 Å². The van der Waals surface area contributed by atoms with Crippen LogP contribution < -0.4 is 5.32 Å². The lowest BCUT2D eigenvalue weighted by molar-refractivity contribution is -0.384. The third-order valence-electron chi connectivity index (χ3n) is 2.19. The molecule has 1 atom stereocenters. The van der Waals surface area contributed by atoms with Crippen LogP contribution in [0.5, 0.6) is 0 Å². The summed E-state index contributed by atoms with van der Waals surface area (Å²) in [4.78, 5) is 21.4. The molecule has 92 valence electrons. The molecule has 17 heavy (non-hydrogen) atoms. The number of nitro benzene ring substituents is 1. The van der Waals surface area contributed by atoms with E-state index >= 15 is 0 Å². The van der Waals surface area contributed by atoms with Crippen molar-refractivity contribution >= 4 is 11.6 Å². The van der Waals surface area contributed by atoms with Crippen molar-refractivity contribution in [3.8, 4) is 0 Å². The number of non-ortho nitro benzene ring substituents is 1. The Balaban J connectivity index is 2.57. The summed E-state index contributed by atoms with van der Waals surface area (Å²) in [5.74, 6) is -0.222. The predicted octanol–water partition coefficient (Wildman–Crippen LogP) is 0.634. The fraction of sp³-hybridized carbons (Fsp3) is 0.364. The fourth-order valence-electron chi connectivity index (χ4n) is 1.29. The normalized spacial score (nSPS) is 11.9. The molecule has 6 heteroatoms. The van der Waals surface area contributed by atoms with E-state index in [2.05, 4.69) is 5.32 Å². The Labute approximate surface area is 98.4 Å². The highest BCUT2D eigenvalue weighted by molar-refractivity contribution is 5.78. The van der Waals surface area contributed by atoms with Gasteiger partial charge in [-0.15, -0.1) is 0 Å². The van der Waals surface area contributed by atoms with Gasteiger partial charge in [-0.3, -0.25) is 14.9 Å². The maximum absolute atomic E-state index is 11.4. The number of aliphatic hydroxyl groups is 1. The molecule has 0 aliphatic carbocycles. The summed E-state index contributed by atoms with van der Waals surface area (Å²) >= 11 is 0. The zero-order valence-corrected chi connectivity index (χ0v) is 9.42. The number of hydrogen-bond acceptors (Lipinski definition) is 4. The van der Waals surface area contributed by atoms with Crippen LogP contribution >= 0.6 is 0 Å². The first-order valence-corrected chi connectivity index (χ1v) is 5.16. The Morgan fingerprint density at radius 3 is 2.53 bits per heavy atom. The van der Waals surface area contributed by atoms with Gasteiger partial charge >= 0.3 is 0 Å². The second kappa shape index (κ2) is 5.95. The summed E-state index contributed by atoms with van der Waals surface area (Å²) in [5, 5.41) is 21.8. The number of carbonyl (C=O) groups is 1. The molecule has 1 aromatic carbocycles. The number of hydrogen-bond donors (Lipinski definition) is 2. The predicted molar refractivity (Wildman–Crippen MR) is 61.5 cm³/mol. The van der Waals surface area contributed by atoms with Crippen molar-refractivity contribution in [2.24, 2.45) is 0 Å². The number of nitrogens with one attached hydrogen (secondary N) is 1. The topological polar surface area (TPSA) is 92.5 Å². The van der Waals surface area contributed by atoms with Crippen LogP contribution in [0.4, 0.5) is 5.69 Å². The van der Waals surface area contributed by atoms with Gasteiger partial charge in [0.05, 0.1) is 18.0 Å². The Bertz CT molecular complexity index is 402. The van der Waals surface area contributed by atoms with E-state index in [1.165, 1.54) is 12.1 Å². The number of carbonyl (C=O) groups excluding carboxylic acids is 1. The van der Waals surface area contributed by atoms with Crippen molar-refractivity contribution in [3.63, 3.8) is 0 Å². The zero-order chi connectivity index (χ0) is 12.8. The van der Waals surface area contributed by atoms with Crippen molar-refractivity contribution in [3.05, 3.63) is 39.9 Å². The molecule has 0 unspecified atom stereocenters. The molecule has 0 fully saturated rings. The zero-order valence-electron chi connectivity index (χ0n) is 9.42. The third-order valence-corrected chi connectivity index (χ3v) is 2.19. The SMILES string of the molecule is C[C@@H](CO)NC(=O)Cc1ccc([N+](=O)[O-])cc1. The molecule has 0 bridgehead atoms. The van der Waals surface area contributed by atoms with E-state index < -0.39 is 4.92 Å². The third kappa shape index (κ3) is 4.20. The van der Waals surface area contributed by atoms with Gasteiger partial charge in [-0.25, -0.2) is 0 Å². The summed E-state index contributed by atoms with van der Waals surface area (Å²) in [7, 11) is 0. The molecule has 0 saturated carbocycles. The largest absolute Gasteiger partial charge is 0.394 e. The molecular weight excluding hydrogens is 224 g/mol. The molecule has 0 aliphatic rings. The molecule has 0 heterocycles. The molecule has 2 N–H and O–H groups in total. The lowest BCUT2D eigenvalue weighted by atomic mass is 10.1. The fourth-order valence-corrected chi connectivity index (χ4v) is 1.29. The van der Waals surface area contributed by atoms with Crippen molar-refractivity contribution in [2.45, 2.75) is 19.4 Å². The molecule has 1 amide bonds. The minimum Gasteiger partial charge on any atom is -0.394 e. The Kier molecular flexibility index (Phi) is 4.59. The van der Waals surface area contributed by atoms with Crippen molar-refractivity contribution < 1.29 is 14.8 Å². The summed E-state index contributed by atoms with van der Waals surface area (Å²) in [6, 6.07) is 5.51. The lowest BCUT2D eigenvalue weighted by Gasteiger charge is -2.10. The highest BCUT2D eigenvalue weighted by Gasteiger charge is 2.09. The van der Waals surface area contributed by atoms with Gasteiger partial charge in [0.1, 0.15) is 0 Å². The average molecular weight is 238 g/mol. The van der Waals surface area contributed by atoms with Crippen LogP contribution in [0.1, 0.15) is 12.5 Å². The van der Waals surface area contributed by atoms with Gasteiger partial charge in [-0.05, 0) is 12.5 Å². The molecule has 0 spiro atoms. The van der Waals surface area contributed by atoms with Gasteiger partial charge in [0.15, 0.2) is 0 Å². The molecule has 6 nitrogen and oxygen atoms in total. The maximum atomic E-state index is 11.4. The first kappa shape index (κ1) is 13.1. The van der Waals surface area contributed by atoms with Crippen LogP contribution in [0.3, 0.4) is 0 Å². The maximum Gasteiger partial charge on any atom is 0.269 e. The monoisotopic (exact) mass is 238 g/mol. The van der Waals surface area contributed by atoms with Crippen LogP contribution in [0.2, 0.25) is 0 Å². The second-order valence-electron chi connectivity index (χ2n) is 3.75. The number of aliphatic hydroxyl groups excluding tert-OH is 1. The van der Waals surface area contributed by atoms with Gasteiger partial charge in [-0.1, -0.05) is 12.1 Å². The minimum atomic E-state index is -0.488. The van der Waals surface area contributed by atoms with E-state index in [1.807, 2.05) is 0 Å². The quantitative estimate of drug-likeness (QED) is 0.581. The Hall–Kier alpha value is -1.95. The number of nitrogens with zero attached hydrogens (tertiary/aromatic N) is 1. The van der Waals surface area contributed by atoms with E-state index in [1.54, 1.807) is 19.1 Å². The molecule has 1 rings (SSSR count). The van der Waals surface area contributed by atoms with Crippen LogP contribution in [-0.2, 0) is 11.2 Å². The van der Waals surface area contributed by atoms with Gasteiger partial charge < -0.3 is 10.4 Å². The standard InChI is InChI=1S/C11H14N2O4/c1-8(7-14)12-11(15)6-9-2-4-10(5-3-9)13(16)17/h2-5,8,14H,6-7H2,1H3,(H,12,15)/t8-/m0/s1. The van der Waals surface area contributed by atoms with Gasteiger partial charge in [0.25, 0.3) is 5.69 Å². The minimum absolute atomic E-state index is 0.00196. The molecule has 0 aliphatic heterocycles. The van der Waals surface area contributed by atoms with E-state index in [-0.39, 0.29) is 30.7 Å². The van der Waals surface area contributed by atoms with Crippen molar-refractivity contribution in [2.75, 3.05) is 6.61 Å². The van der Waals surface area contributed by atoms with Crippen LogP contribution in [-0.4, -0.2) is 28.6 Å². The number of benzene rings is 1. The lowest BCUT2D eigenvalue weighted by Crippen LogP contribution is -2.35. The first-order valence-electron chi connectivity index (χ1n) is 5.16. The van der Waals surface area contributed by atoms with Gasteiger partial charge in [0, 0.05) is 18.2 Å². The van der Waals surface area contributed by atoms with E-state index in [9.17, 15) is 14.9 Å². The van der Waals surface area contributed by atoms with E-state index in [0.29, 0.717) is 5.56 Å². The first-order chi connectivity index (χ1) is 8.02. The summed E-state index contributed by atoms with van der Waals surface area (Å²) in [6.45, 7) is 1.57. The second-order valence-corrected chi connectivity index (χ2v) is 3.75. The van der Waals surface area contributed by atoms with Crippen LogP contribution in [0.15, 0.2) is 24.3 Å². The molecule has 0 radical (unpaired) electrons. The molecule has 1 aromatic rings. The van der Waals surface area contributed by atoms with Crippen molar-refractivity contribution in [1.82, 2.24) is 5.32 Å². The van der Waals surface area contributed by atoms with Crippen LogP contribution in [0, 0.1) is 10.1 Å². The summed E-state index contributed by atoms with van der Waals surface area (Å²) in [5.41, 5.74) is 0.691. The van der Waals surface area contributed by atoms with Gasteiger partial charge in [-0.2, -0.15) is 0 Å². The van der Waals surface area contributed by atoms with E-state index in [0.717, 1.165) is 0 Å². The Morgan fingerprint density at radius 1 is 1.47 bits per heavy atom. The van der Waals surface area contributed by atoms with Gasteiger partial charge in [0.2, 0.25) is 5.91 Å². The smallest absolute Gasteiger partial charge is 0.269 e. The molecule has 0 saturated heterocycles. The average Bonchev–Trinajstić information content (AvgIpc) is 2.29. The van der Waals surface area contributed by atoms with E-state index in [4.69, 9.17) is 5.11 Å². The number of amides is 1.